The third kappa shape index (κ3) is 1.64. The molecule has 0 aromatic heterocycles. The van der Waals surface area contributed by atoms with Crippen molar-refractivity contribution in [1.29, 1.82) is 0 Å². The van der Waals surface area contributed by atoms with Crippen LogP contribution in [0.3, 0.4) is 0 Å². The molecule has 4 aliphatic rings. The summed E-state index contributed by atoms with van der Waals surface area (Å²) in [6.07, 6.45) is 13.9. The van der Waals surface area contributed by atoms with Crippen molar-refractivity contribution in [1.82, 2.24) is 0 Å². The minimum Gasteiger partial charge on any atom is -0.0654 e. The highest BCUT2D eigenvalue weighted by Gasteiger charge is 2.51. The molecule has 4 bridgehead atoms. The summed E-state index contributed by atoms with van der Waals surface area (Å²) in [4.78, 5) is 0. The van der Waals surface area contributed by atoms with E-state index in [-0.39, 0.29) is 0 Å². The molecule has 0 heterocycles. The van der Waals surface area contributed by atoms with Gasteiger partial charge in [0.25, 0.3) is 0 Å². The lowest BCUT2D eigenvalue weighted by Gasteiger charge is -2.52. The first-order valence-corrected chi connectivity index (χ1v) is 7.72. The SMILES string of the molecule is CCCCC1(C)C2CCC3CC(C2)CC1C3. The number of rotatable bonds is 3. The highest BCUT2D eigenvalue weighted by Crippen LogP contribution is 2.61. The first-order valence-electron chi connectivity index (χ1n) is 7.72. The van der Waals surface area contributed by atoms with Gasteiger partial charge in [0.05, 0.1) is 0 Å². The Morgan fingerprint density at radius 3 is 2.50 bits per heavy atom. The van der Waals surface area contributed by atoms with Gasteiger partial charge >= 0.3 is 0 Å². The van der Waals surface area contributed by atoms with Gasteiger partial charge in [0.1, 0.15) is 0 Å². The number of unbranched alkanes of at least 4 members (excludes halogenated alkanes) is 1. The molecule has 0 radical (unpaired) electrons. The van der Waals surface area contributed by atoms with E-state index in [4.69, 9.17) is 0 Å². The van der Waals surface area contributed by atoms with Crippen LogP contribution >= 0.6 is 0 Å². The summed E-state index contributed by atoms with van der Waals surface area (Å²) in [6, 6.07) is 0. The van der Waals surface area contributed by atoms with Crippen LogP contribution in [0.15, 0.2) is 0 Å². The van der Waals surface area contributed by atoms with E-state index < -0.39 is 0 Å². The van der Waals surface area contributed by atoms with Crippen LogP contribution in [0, 0.1) is 29.1 Å². The van der Waals surface area contributed by atoms with E-state index in [2.05, 4.69) is 13.8 Å². The number of hydrogen-bond donors (Lipinski definition) is 0. The molecule has 5 atom stereocenters. The van der Waals surface area contributed by atoms with Crippen LogP contribution in [0.1, 0.15) is 71.6 Å². The number of hydrogen-bond acceptors (Lipinski definition) is 0. The molecule has 0 nitrogen and oxygen atoms in total. The van der Waals surface area contributed by atoms with Gasteiger partial charge in [-0.2, -0.15) is 0 Å². The predicted octanol–water partition coefficient (Wildman–Crippen LogP) is 5.03. The molecular weight excluding hydrogens is 192 g/mol. The van der Waals surface area contributed by atoms with Crippen LogP contribution in [-0.2, 0) is 0 Å². The maximum absolute atomic E-state index is 2.65. The van der Waals surface area contributed by atoms with Crippen molar-refractivity contribution in [2.24, 2.45) is 29.1 Å². The molecule has 0 heteroatoms. The maximum Gasteiger partial charge on any atom is -0.0269 e. The second-order valence-corrected chi connectivity index (χ2v) is 7.26. The van der Waals surface area contributed by atoms with Crippen molar-refractivity contribution in [3.8, 4) is 0 Å². The van der Waals surface area contributed by atoms with Gasteiger partial charge in [0.15, 0.2) is 0 Å². The van der Waals surface area contributed by atoms with Crippen LogP contribution in [0.5, 0.6) is 0 Å². The van der Waals surface area contributed by atoms with Crippen LogP contribution in [0.4, 0.5) is 0 Å². The Balaban J connectivity index is 1.83. The molecule has 16 heavy (non-hydrogen) atoms. The van der Waals surface area contributed by atoms with E-state index >= 15 is 0 Å². The first-order chi connectivity index (χ1) is 7.72. The molecule has 92 valence electrons. The van der Waals surface area contributed by atoms with Crippen LogP contribution in [0.2, 0.25) is 0 Å². The molecule has 4 rings (SSSR count). The fourth-order valence-electron chi connectivity index (χ4n) is 5.39. The quantitative estimate of drug-likeness (QED) is 0.626. The van der Waals surface area contributed by atoms with Crippen LogP contribution < -0.4 is 0 Å². The molecule has 0 spiro atoms. The van der Waals surface area contributed by atoms with Gasteiger partial charge in [-0.05, 0) is 67.6 Å². The molecule has 4 saturated carbocycles. The fourth-order valence-corrected chi connectivity index (χ4v) is 5.39. The third-order valence-corrected chi connectivity index (χ3v) is 6.38. The molecule has 0 saturated heterocycles. The van der Waals surface area contributed by atoms with Crippen molar-refractivity contribution in [2.75, 3.05) is 0 Å². The van der Waals surface area contributed by atoms with Crippen molar-refractivity contribution in [2.45, 2.75) is 71.6 Å². The summed E-state index contributed by atoms with van der Waals surface area (Å²) in [5.74, 6) is 4.45. The van der Waals surface area contributed by atoms with Gasteiger partial charge < -0.3 is 0 Å². The summed E-state index contributed by atoms with van der Waals surface area (Å²) in [5.41, 5.74) is 0.738. The van der Waals surface area contributed by atoms with Crippen LogP contribution in [0.25, 0.3) is 0 Å². The second kappa shape index (κ2) is 4.03. The summed E-state index contributed by atoms with van der Waals surface area (Å²) >= 11 is 0. The van der Waals surface area contributed by atoms with Gasteiger partial charge in [-0.25, -0.2) is 0 Å². The lowest BCUT2D eigenvalue weighted by atomic mass is 9.53. The average molecular weight is 220 g/mol. The van der Waals surface area contributed by atoms with Crippen LogP contribution in [-0.4, -0.2) is 0 Å². The highest BCUT2D eigenvalue weighted by atomic mass is 14.6. The molecule has 0 aromatic carbocycles. The van der Waals surface area contributed by atoms with Gasteiger partial charge in [0.2, 0.25) is 0 Å². The molecule has 0 aliphatic heterocycles. The molecule has 0 amide bonds. The summed E-state index contributed by atoms with van der Waals surface area (Å²) in [6.45, 7) is 5.01. The van der Waals surface area contributed by atoms with Crippen molar-refractivity contribution in [3.05, 3.63) is 0 Å². The van der Waals surface area contributed by atoms with E-state index in [0.29, 0.717) is 0 Å². The smallest absolute Gasteiger partial charge is 0.0269 e. The van der Waals surface area contributed by atoms with E-state index in [1.165, 1.54) is 19.3 Å². The Hall–Kier alpha value is 0. The monoisotopic (exact) mass is 220 g/mol. The van der Waals surface area contributed by atoms with Crippen molar-refractivity contribution in [3.63, 3.8) is 0 Å². The summed E-state index contributed by atoms with van der Waals surface area (Å²) in [7, 11) is 0. The number of fused-ring (bicyclic) bond motifs is 1. The van der Waals surface area contributed by atoms with Crippen molar-refractivity contribution < 1.29 is 0 Å². The molecule has 4 fully saturated rings. The molecule has 5 unspecified atom stereocenters. The Morgan fingerprint density at radius 1 is 0.938 bits per heavy atom. The minimum absolute atomic E-state index is 0.738. The zero-order chi connectivity index (χ0) is 11.2. The first kappa shape index (κ1) is 11.1. The van der Waals surface area contributed by atoms with E-state index in [1.807, 2.05) is 0 Å². The van der Waals surface area contributed by atoms with Gasteiger partial charge in [-0.3, -0.25) is 0 Å². The zero-order valence-electron chi connectivity index (χ0n) is 11.2. The minimum atomic E-state index is 0.738. The summed E-state index contributed by atoms with van der Waals surface area (Å²) < 4.78 is 0. The van der Waals surface area contributed by atoms with E-state index in [1.54, 1.807) is 38.5 Å². The maximum atomic E-state index is 2.65. The fraction of sp³-hybridized carbons (Fsp3) is 1.00. The van der Waals surface area contributed by atoms with Gasteiger partial charge in [-0.15, -0.1) is 0 Å². The highest BCUT2D eigenvalue weighted by molar-refractivity contribution is 5.01. The predicted molar refractivity (Wildman–Crippen MR) is 69.3 cm³/mol. The van der Waals surface area contributed by atoms with E-state index in [0.717, 1.165) is 29.1 Å². The Morgan fingerprint density at radius 2 is 1.69 bits per heavy atom. The average Bonchev–Trinajstić information content (AvgIpc) is 2.48. The summed E-state index contributed by atoms with van der Waals surface area (Å²) in [5, 5.41) is 0. The van der Waals surface area contributed by atoms with Crippen molar-refractivity contribution >= 4 is 0 Å². The third-order valence-electron chi connectivity index (χ3n) is 6.38. The standard InChI is InChI=1S/C16H28/c1-3-4-7-16(2)14-6-5-12-8-13(10-14)11-15(16)9-12/h12-15H,3-11H2,1-2H3. The zero-order valence-corrected chi connectivity index (χ0v) is 11.2. The molecule has 0 N–H and O–H groups in total. The van der Waals surface area contributed by atoms with Gasteiger partial charge in [-0.1, -0.05) is 33.1 Å². The molecule has 0 aromatic rings. The van der Waals surface area contributed by atoms with Gasteiger partial charge in [0, 0.05) is 0 Å². The normalized spacial score (nSPS) is 50.6. The second-order valence-electron chi connectivity index (χ2n) is 7.26. The Kier molecular flexibility index (Phi) is 2.80. The molecular formula is C16H28. The Bertz CT molecular complexity index is 247. The Labute approximate surface area is 101 Å². The molecule has 4 aliphatic carbocycles. The topological polar surface area (TPSA) is 0 Å². The largest absolute Gasteiger partial charge is 0.0654 e. The lowest BCUT2D eigenvalue weighted by molar-refractivity contribution is -0.0205. The lowest BCUT2D eigenvalue weighted by Crippen LogP contribution is -2.43. The van der Waals surface area contributed by atoms with E-state index in [9.17, 15) is 0 Å².